The van der Waals surface area contributed by atoms with Gasteiger partial charge in [-0.15, -0.1) is 0 Å². The van der Waals surface area contributed by atoms with Gasteiger partial charge in [0.15, 0.2) is 0 Å². The molecule has 2 fully saturated rings. The number of imide groups is 1. The van der Waals surface area contributed by atoms with Crippen LogP contribution in [0.25, 0.3) is 0 Å². The van der Waals surface area contributed by atoms with E-state index >= 15 is 0 Å². The van der Waals surface area contributed by atoms with Crippen LogP contribution in [0.1, 0.15) is 46.4 Å². The molecule has 8 heteroatoms. The molecule has 142 valence electrons. The molecular formula is C19H21N3O5. The van der Waals surface area contributed by atoms with Crippen LogP contribution in [-0.2, 0) is 9.63 Å². The Morgan fingerprint density at radius 2 is 1.37 bits per heavy atom. The van der Waals surface area contributed by atoms with Crippen LogP contribution in [0.3, 0.4) is 0 Å². The largest absolute Gasteiger partial charge is 0.336 e. The van der Waals surface area contributed by atoms with Gasteiger partial charge in [0.05, 0.1) is 17.0 Å². The maximum atomic E-state index is 12.4. The smallest absolute Gasteiger partial charge is 0.329 e. The topological polar surface area (TPSA) is 87.2 Å². The van der Waals surface area contributed by atoms with E-state index in [-0.39, 0.29) is 17.2 Å². The molecule has 4 amide bonds. The number of hydrogen-bond acceptors (Lipinski definition) is 5. The minimum Gasteiger partial charge on any atom is -0.329 e. The van der Waals surface area contributed by atoms with E-state index in [1.165, 1.54) is 12.1 Å². The number of fused-ring (bicyclic) bond motifs is 1. The van der Waals surface area contributed by atoms with Gasteiger partial charge in [-0.2, -0.15) is 0 Å². The van der Waals surface area contributed by atoms with Gasteiger partial charge in [-0.25, -0.2) is 9.59 Å². The molecule has 3 aliphatic heterocycles. The minimum atomic E-state index is -0.620. The zero-order valence-electron chi connectivity index (χ0n) is 14.9. The van der Waals surface area contributed by atoms with E-state index in [1.54, 1.807) is 17.0 Å². The number of hydrogen-bond donors (Lipinski definition) is 0. The summed E-state index contributed by atoms with van der Waals surface area (Å²) in [6.45, 7) is 2.52. The monoisotopic (exact) mass is 371 g/mol. The second-order valence-corrected chi connectivity index (χ2v) is 7.10. The summed E-state index contributed by atoms with van der Waals surface area (Å²) < 4.78 is 0. The molecule has 0 atom stereocenters. The second-order valence-electron chi connectivity index (χ2n) is 7.10. The lowest BCUT2D eigenvalue weighted by atomic mass is 9.97. The molecular weight excluding hydrogens is 350 g/mol. The summed E-state index contributed by atoms with van der Waals surface area (Å²) >= 11 is 0. The van der Waals surface area contributed by atoms with Crippen LogP contribution in [0, 0.1) is 5.92 Å². The molecule has 0 bridgehead atoms. The molecule has 4 rings (SSSR count). The Bertz CT molecular complexity index is 759. The van der Waals surface area contributed by atoms with E-state index in [4.69, 9.17) is 4.84 Å². The molecule has 0 aromatic heterocycles. The minimum absolute atomic E-state index is 0.0275. The Balaban J connectivity index is 1.33. The van der Waals surface area contributed by atoms with Gasteiger partial charge in [0.25, 0.3) is 11.8 Å². The number of likely N-dealkylation sites (tertiary alicyclic amines) is 2. The highest BCUT2D eigenvalue weighted by Crippen LogP contribution is 2.26. The number of piperidine rings is 1. The van der Waals surface area contributed by atoms with Crippen molar-refractivity contribution in [1.82, 2.24) is 14.9 Å². The Kier molecular flexibility index (Phi) is 4.55. The number of rotatable bonds is 2. The third-order valence-corrected chi connectivity index (χ3v) is 5.41. The molecule has 2 saturated heterocycles. The zero-order valence-corrected chi connectivity index (χ0v) is 14.9. The highest BCUT2D eigenvalue weighted by Gasteiger charge is 2.40. The maximum Gasteiger partial charge on any atom is 0.336 e. The lowest BCUT2D eigenvalue weighted by molar-refractivity contribution is -0.175. The fraction of sp³-hybridized carbons (Fsp3) is 0.474. The van der Waals surface area contributed by atoms with Gasteiger partial charge in [-0.3, -0.25) is 9.59 Å². The Morgan fingerprint density at radius 3 is 1.93 bits per heavy atom. The molecule has 0 N–H and O–H groups in total. The fourth-order valence-electron chi connectivity index (χ4n) is 3.83. The highest BCUT2D eigenvalue weighted by atomic mass is 16.7. The van der Waals surface area contributed by atoms with Crippen LogP contribution < -0.4 is 0 Å². The van der Waals surface area contributed by atoms with Crippen molar-refractivity contribution in [3.63, 3.8) is 0 Å². The number of nitrogens with zero attached hydrogens (tertiary/aromatic N) is 3. The predicted molar refractivity (Wildman–Crippen MR) is 93.5 cm³/mol. The fourth-order valence-corrected chi connectivity index (χ4v) is 3.83. The molecule has 27 heavy (non-hydrogen) atoms. The van der Waals surface area contributed by atoms with E-state index < -0.39 is 23.7 Å². The van der Waals surface area contributed by atoms with Crippen LogP contribution in [0.15, 0.2) is 24.3 Å². The standard InChI is InChI=1S/C19H21N3O5/c23-16-14-5-1-2-6-15(14)17(24)22(16)27-18(25)13-7-11-21(12-8-13)19(26)20-9-3-4-10-20/h1-2,5-6,13H,3-4,7-12H2. The summed E-state index contributed by atoms with van der Waals surface area (Å²) in [5.41, 5.74) is 0.475. The molecule has 3 heterocycles. The zero-order chi connectivity index (χ0) is 19.0. The number of benzene rings is 1. The van der Waals surface area contributed by atoms with Crippen molar-refractivity contribution in [1.29, 1.82) is 0 Å². The van der Waals surface area contributed by atoms with Gasteiger partial charge < -0.3 is 14.6 Å². The summed E-state index contributed by atoms with van der Waals surface area (Å²) in [5.74, 6) is -2.27. The molecule has 0 spiro atoms. The van der Waals surface area contributed by atoms with E-state index in [2.05, 4.69) is 0 Å². The quantitative estimate of drug-likeness (QED) is 0.738. The number of amides is 4. The first-order valence-electron chi connectivity index (χ1n) is 9.30. The van der Waals surface area contributed by atoms with Crippen LogP contribution >= 0.6 is 0 Å². The van der Waals surface area contributed by atoms with Crippen molar-refractivity contribution in [3.05, 3.63) is 35.4 Å². The lowest BCUT2D eigenvalue weighted by Crippen LogP contribution is -2.47. The van der Waals surface area contributed by atoms with Crippen molar-refractivity contribution < 1.29 is 24.0 Å². The van der Waals surface area contributed by atoms with Gasteiger partial charge in [0, 0.05) is 26.2 Å². The van der Waals surface area contributed by atoms with Crippen LogP contribution in [-0.4, -0.2) is 64.9 Å². The van der Waals surface area contributed by atoms with Gasteiger partial charge in [0.1, 0.15) is 0 Å². The molecule has 1 aromatic carbocycles. The Morgan fingerprint density at radius 1 is 0.852 bits per heavy atom. The highest BCUT2D eigenvalue weighted by molar-refractivity contribution is 6.20. The van der Waals surface area contributed by atoms with Crippen molar-refractivity contribution in [2.75, 3.05) is 26.2 Å². The van der Waals surface area contributed by atoms with Crippen molar-refractivity contribution in [3.8, 4) is 0 Å². The van der Waals surface area contributed by atoms with E-state index in [0.29, 0.717) is 31.0 Å². The van der Waals surface area contributed by atoms with Gasteiger partial charge >= 0.3 is 12.0 Å². The van der Waals surface area contributed by atoms with Crippen LogP contribution in [0.4, 0.5) is 4.79 Å². The van der Waals surface area contributed by atoms with Gasteiger partial charge in [0.2, 0.25) is 0 Å². The molecule has 0 aliphatic carbocycles. The number of carbonyl (C=O) groups is 4. The summed E-state index contributed by atoms with van der Waals surface area (Å²) in [6, 6.07) is 6.41. The van der Waals surface area contributed by atoms with Crippen molar-refractivity contribution in [2.24, 2.45) is 5.92 Å². The number of carbonyl (C=O) groups excluding carboxylic acids is 4. The average molecular weight is 371 g/mol. The molecule has 3 aliphatic rings. The first kappa shape index (κ1) is 17.5. The Hall–Kier alpha value is -2.90. The molecule has 8 nitrogen and oxygen atoms in total. The van der Waals surface area contributed by atoms with Gasteiger partial charge in [-0.1, -0.05) is 17.2 Å². The van der Waals surface area contributed by atoms with E-state index in [9.17, 15) is 19.2 Å². The van der Waals surface area contributed by atoms with Crippen molar-refractivity contribution in [2.45, 2.75) is 25.7 Å². The molecule has 0 unspecified atom stereocenters. The molecule has 0 saturated carbocycles. The predicted octanol–water partition coefficient (Wildman–Crippen LogP) is 1.67. The van der Waals surface area contributed by atoms with Crippen molar-refractivity contribution >= 4 is 23.8 Å². The van der Waals surface area contributed by atoms with E-state index in [0.717, 1.165) is 25.9 Å². The second kappa shape index (κ2) is 7.02. The summed E-state index contributed by atoms with van der Waals surface area (Å²) in [7, 11) is 0. The third kappa shape index (κ3) is 3.15. The van der Waals surface area contributed by atoms with Gasteiger partial charge in [-0.05, 0) is 37.8 Å². The maximum absolute atomic E-state index is 12.4. The SMILES string of the molecule is O=C(ON1C(=O)c2ccccc2C1=O)C1CCN(C(=O)N2CCCC2)CC1. The summed E-state index contributed by atoms with van der Waals surface area (Å²) in [5, 5.41) is 0.550. The molecule has 0 radical (unpaired) electrons. The first-order chi connectivity index (χ1) is 13.1. The van der Waals surface area contributed by atoms with E-state index in [1.807, 2.05) is 4.90 Å². The third-order valence-electron chi connectivity index (χ3n) is 5.41. The van der Waals surface area contributed by atoms with Crippen LogP contribution in [0.2, 0.25) is 0 Å². The molecule has 1 aromatic rings. The number of hydroxylamine groups is 2. The van der Waals surface area contributed by atoms with Crippen LogP contribution in [0.5, 0.6) is 0 Å². The summed E-state index contributed by atoms with van der Waals surface area (Å²) in [4.78, 5) is 58.2. The summed E-state index contributed by atoms with van der Waals surface area (Å²) in [6.07, 6.45) is 2.99. The lowest BCUT2D eigenvalue weighted by Gasteiger charge is -2.33. The number of urea groups is 1. The average Bonchev–Trinajstić information content (AvgIpc) is 3.32. The Labute approximate surface area is 156 Å². The first-order valence-corrected chi connectivity index (χ1v) is 9.30. The normalized spacial score (nSPS) is 20.2.